The lowest BCUT2D eigenvalue weighted by Gasteiger charge is -2.03. The van der Waals surface area contributed by atoms with E-state index in [9.17, 15) is 5.11 Å². The Bertz CT molecular complexity index is 237. The zero-order valence-corrected chi connectivity index (χ0v) is 7.49. The van der Waals surface area contributed by atoms with Gasteiger partial charge in [0.2, 0.25) is 0 Å². The summed E-state index contributed by atoms with van der Waals surface area (Å²) in [6.07, 6.45) is 0.0473. The molecule has 4 heteroatoms. The summed E-state index contributed by atoms with van der Waals surface area (Å²) < 4.78 is 1.75. The minimum absolute atomic E-state index is 0.483. The zero-order chi connectivity index (χ0) is 9.14. The lowest BCUT2D eigenvalue weighted by Crippen LogP contribution is -2.07. The van der Waals surface area contributed by atoms with Crippen LogP contribution in [0.15, 0.2) is 6.07 Å². The van der Waals surface area contributed by atoms with E-state index in [1.54, 1.807) is 4.68 Å². The minimum Gasteiger partial charge on any atom is -0.387 e. The molecule has 1 unspecified atom stereocenters. The van der Waals surface area contributed by atoms with Crippen molar-refractivity contribution in [1.29, 1.82) is 0 Å². The van der Waals surface area contributed by atoms with E-state index in [1.807, 2.05) is 20.0 Å². The standard InChI is InChI=1S/C8H15N3O/c1-6-5-7(10-11(6)2)8(12)3-4-9/h5,8,12H,3-4,9H2,1-2H3. The highest BCUT2D eigenvalue weighted by molar-refractivity contribution is 5.10. The molecule has 68 valence electrons. The van der Waals surface area contributed by atoms with Crippen molar-refractivity contribution in [3.63, 3.8) is 0 Å². The first-order valence-corrected chi connectivity index (χ1v) is 4.04. The number of nitrogens with two attached hydrogens (primary N) is 1. The quantitative estimate of drug-likeness (QED) is 0.675. The molecule has 0 saturated heterocycles. The molecule has 3 N–H and O–H groups in total. The van der Waals surface area contributed by atoms with E-state index < -0.39 is 6.10 Å². The first-order valence-electron chi connectivity index (χ1n) is 4.04. The van der Waals surface area contributed by atoms with E-state index in [0.717, 1.165) is 5.69 Å². The van der Waals surface area contributed by atoms with Crippen LogP contribution in [-0.2, 0) is 7.05 Å². The molecular weight excluding hydrogens is 154 g/mol. The van der Waals surface area contributed by atoms with E-state index >= 15 is 0 Å². The SMILES string of the molecule is Cc1cc(C(O)CCN)nn1C. The van der Waals surface area contributed by atoms with Crippen LogP contribution in [0.1, 0.15) is 23.9 Å². The fourth-order valence-corrected chi connectivity index (χ4v) is 1.06. The number of hydrogen-bond acceptors (Lipinski definition) is 3. The van der Waals surface area contributed by atoms with Crippen LogP contribution < -0.4 is 5.73 Å². The largest absolute Gasteiger partial charge is 0.387 e. The van der Waals surface area contributed by atoms with Gasteiger partial charge < -0.3 is 10.8 Å². The van der Waals surface area contributed by atoms with Crippen molar-refractivity contribution in [2.24, 2.45) is 12.8 Å². The second-order valence-electron chi connectivity index (χ2n) is 2.93. The summed E-state index contributed by atoms with van der Waals surface area (Å²) in [5, 5.41) is 13.6. The Morgan fingerprint density at radius 2 is 2.42 bits per heavy atom. The highest BCUT2D eigenvalue weighted by Gasteiger charge is 2.10. The molecule has 4 nitrogen and oxygen atoms in total. The summed E-state index contributed by atoms with van der Waals surface area (Å²) in [6, 6.07) is 1.88. The van der Waals surface area contributed by atoms with Crippen LogP contribution in [0.25, 0.3) is 0 Å². The lowest BCUT2D eigenvalue weighted by atomic mass is 10.2. The number of hydrogen-bond donors (Lipinski definition) is 2. The van der Waals surface area contributed by atoms with Gasteiger partial charge >= 0.3 is 0 Å². The number of rotatable bonds is 3. The van der Waals surface area contributed by atoms with Gasteiger partial charge in [-0.2, -0.15) is 5.10 Å². The van der Waals surface area contributed by atoms with Crippen LogP contribution in [0, 0.1) is 6.92 Å². The summed E-state index contributed by atoms with van der Waals surface area (Å²) in [7, 11) is 1.86. The van der Waals surface area contributed by atoms with Crippen molar-refractivity contribution in [2.45, 2.75) is 19.4 Å². The van der Waals surface area contributed by atoms with Crippen LogP contribution in [-0.4, -0.2) is 21.4 Å². The fourth-order valence-electron chi connectivity index (χ4n) is 1.06. The molecule has 0 radical (unpaired) electrons. The number of aliphatic hydroxyl groups excluding tert-OH is 1. The number of aliphatic hydroxyl groups is 1. The Morgan fingerprint density at radius 1 is 1.75 bits per heavy atom. The summed E-state index contributed by atoms with van der Waals surface area (Å²) >= 11 is 0. The first kappa shape index (κ1) is 9.22. The van der Waals surface area contributed by atoms with E-state index in [0.29, 0.717) is 18.7 Å². The molecule has 0 aliphatic carbocycles. The molecular formula is C8H15N3O. The van der Waals surface area contributed by atoms with Crippen molar-refractivity contribution < 1.29 is 5.11 Å². The lowest BCUT2D eigenvalue weighted by molar-refractivity contribution is 0.165. The molecule has 1 aromatic heterocycles. The third-order valence-corrected chi connectivity index (χ3v) is 1.91. The topological polar surface area (TPSA) is 64.1 Å². The van der Waals surface area contributed by atoms with Crippen LogP contribution in [0.3, 0.4) is 0 Å². The molecule has 1 rings (SSSR count). The van der Waals surface area contributed by atoms with Crippen LogP contribution >= 0.6 is 0 Å². The maximum atomic E-state index is 9.50. The Kier molecular flexibility index (Phi) is 2.83. The van der Waals surface area contributed by atoms with Crippen LogP contribution in [0.2, 0.25) is 0 Å². The van der Waals surface area contributed by atoms with Gasteiger partial charge in [-0.1, -0.05) is 0 Å². The molecule has 0 spiro atoms. The van der Waals surface area contributed by atoms with Gasteiger partial charge in [-0.05, 0) is 26.0 Å². The first-order chi connectivity index (χ1) is 5.65. The number of nitrogens with zero attached hydrogens (tertiary/aromatic N) is 2. The van der Waals surface area contributed by atoms with Crippen LogP contribution in [0.5, 0.6) is 0 Å². The van der Waals surface area contributed by atoms with E-state index in [1.165, 1.54) is 0 Å². The third-order valence-electron chi connectivity index (χ3n) is 1.91. The molecule has 1 atom stereocenters. The summed E-state index contributed by atoms with van der Waals surface area (Å²) in [5.41, 5.74) is 7.07. The van der Waals surface area contributed by atoms with Crippen molar-refractivity contribution in [3.8, 4) is 0 Å². The van der Waals surface area contributed by atoms with Gasteiger partial charge in [-0.3, -0.25) is 4.68 Å². The molecule has 1 aromatic rings. The molecule has 0 amide bonds. The second kappa shape index (κ2) is 3.69. The fraction of sp³-hybridized carbons (Fsp3) is 0.625. The molecule has 0 aliphatic heterocycles. The van der Waals surface area contributed by atoms with Crippen molar-refractivity contribution in [2.75, 3.05) is 6.54 Å². The predicted molar refractivity (Wildman–Crippen MR) is 46.6 cm³/mol. The van der Waals surface area contributed by atoms with Gasteiger partial charge in [-0.15, -0.1) is 0 Å². The zero-order valence-electron chi connectivity index (χ0n) is 7.49. The van der Waals surface area contributed by atoms with Gasteiger partial charge in [-0.25, -0.2) is 0 Å². The smallest absolute Gasteiger partial charge is 0.0990 e. The maximum Gasteiger partial charge on any atom is 0.0990 e. The van der Waals surface area contributed by atoms with Crippen molar-refractivity contribution in [3.05, 3.63) is 17.5 Å². The molecule has 0 aliphatic rings. The second-order valence-corrected chi connectivity index (χ2v) is 2.93. The molecule has 12 heavy (non-hydrogen) atoms. The normalized spacial score (nSPS) is 13.3. The average molecular weight is 169 g/mol. The molecule has 1 heterocycles. The summed E-state index contributed by atoms with van der Waals surface area (Å²) in [6.45, 7) is 2.43. The molecule has 0 fully saturated rings. The Morgan fingerprint density at radius 3 is 2.83 bits per heavy atom. The van der Waals surface area contributed by atoms with E-state index in [2.05, 4.69) is 5.10 Å². The summed E-state index contributed by atoms with van der Waals surface area (Å²) in [5.74, 6) is 0. The van der Waals surface area contributed by atoms with Gasteiger partial charge in [0.15, 0.2) is 0 Å². The highest BCUT2D eigenvalue weighted by Crippen LogP contribution is 2.14. The Hall–Kier alpha value is -0.870. The van der Waals surface area contributed by atoms with E-state index in [4.69, 9.17) is 5.73 Å². The van der Waals surface area contributed by atoms with Gasteiger partial charge in [0.25, 0.3) is 0 Å². The number of aromatic nitrogens is 2. The average Bonchev–Trinajstić information content (AvgIpc) is 2.33. The Balaban J connectivity index is 2.74. The van der Waals surface area contributed by atoms with Gasteiger partial charge in [0.05, 0.1) is 11.8 Å². The molecule has 0 aromatic carbocycles. The summed E-state index contributed by atoms with van der Waals surface area (Å²) in [4.78, 5) is 0. The minimum atomic E-state index is -0.519. The van der Waals surface area contributed by atoms with Gasteiger partial charge in [0.1, 0.15) is 0 Å². The monoisotopic (exact) mass is 169 g/mol. The molecule has 0 saturated carbocycles. The van der Waals surface area contributed by atoms with Crippen molar-refractivity contribution in [1.82, 2.24) is 9.78 Å². The van der Waals surface area contributed by atoms with Gasteiger partial charge in [0, 0.05) is 12.7 Å². The Labute approximate surface area is 72.0 Å². The maximum absolute atomic E-state index is 9.50. The highest BCUT2D eigenvalue weighted by atomic mass is 16.3. The predicted octanol–water partition coefficient (Wildman–Crippen LogP) is 0.111. The van der Waals surface area contributed by atoms with Crippen LogP contribution in [0.4, 0.5) is 0 Å². The molecule has 0 bridgehead atoms. The number of aryl methyl sites for hydroxylation is 2. The van der Waals surface area contributed by atoms with E-state index in [-0.39, 0.29) is 0 Å². The van der Waals surface area contributed by atoms with Crippen molar-refractivity contribution >= 4 is 0 Å². The third kappa shape index (κ3) is 1.84.